The fourth-order valence-corrected chi connectivity index (χ4v) is 6.51. The molecule has 7 nitrogen and oxygen atoms in total. The van der Waals surface area contributed by atoms with Crippen molar-refractivity contribution in [2.45, 2.75) is 56.1 Å². The van der Waals surface area contributed by atoms with Gasteiger partial charge in [0.15, 0.2) is 16.0 Å². The molecule has 0 fully saturated rings. The van der Waals surface area contributed by atoms with Crippen LogP contribution in [0.3, 0.4) is 0 Å². The molecule has 1 aromatic carbocycles. The van der Waals surface area contributed by atoms with Gasteiger partial charge >= 0.3 is 0 Å². The number of aryl methyl sites for hydroxylation is 1. The molecule has 1 aliphatic heterocycles. The van der Waals surface area contributed by atoms with Crippen molar-refractivity contribution < 1.29 is 9.53 Å². The van der Waals surface area contributed by atoms with Gasteiger partial charge in [-0.05, 0) is 49.8 Å². The average molecular weight is 500 g/mol. The number of carbonyl (C=O) groups excluding carboxylic acids is 1. The molecule has 0 saturated heterocycles. The van der Waals surface area contributed by atoms with E-state index in [0.29, 0.717) is 11.8 Å². The van der Waals surface area contributed by atoms with Gasteiger partial charge in [0.1, 0.15) is 4.83 Å². The van der Waals surface area contributed by atoms with E-state index in [2.05, 4.69) is 29.4 Å². The zero-order valence-corrected chi connectivity index (χ0v) is 21.4. The van der Waals surface area contributed by atoms with Gasteiger partial charge in [-0.2, -0.15) is 0 Å². The van der Waals surface area contributed by atoms with E-state index in [1.54, 1.807) is 23.1 Å². The maximum absolute atomic E-state index is 12.6. The molecular weight excluding hydrogens is 474 g/mol. The molecule has 1 amide bonds. The van der Waals surface area contributed by atoms with Crippen molar-refractivity contribution in [2.75, 3.05) is 17.3 Å². The Morgan fingerprint density at radius 3 is 2.94 bits per heavy atom. The zero-order valence-electron chi connectivity index (χ0n) is 19.0. The van der Waals surface area contributed by atoms with Crippen LogP contribution in [-0.2, 0) is 22.6 Å². The van der Waals surface area contributed by atoms with Gasteiger partial charge in [0.25, 0.3) is 0 Å². The number of aromatic nitrogens is 4. The number of thiophene rings is 1. The third kappa shape index (κ3) is 4.25. The van der Waals surface area contributed by atoms with Crippen molar-refractivity contribution in [3.05, 3.63) is 40.3 Å². The first-order valence-corrected chi connectivity index (χ1v) is 13.8. The molecule has 3 aromatic heterocycles. The number of carbonyl (C=O) groups is 1. The zero-order chi connectivity index (χ0) is 23.2. The summed E-state index contributed by atoms with van der Waals surface area (Å²) in [6.07, 6.45) is 3.78. The van der Waals surface area contributed by atoms with Crippen LogP contribution in [0, 0.1) is 6.92 Å². The average Bonchev–Trinajstić information content (AvgIpc) is 3.38. The van der Waals surface area contributed by atoms with Crippen LogP contribution < -0.4 is 5.32 Å². The highest BCUT2D eigenvalue weighted by Gasteiger charge is 2.33. The number of hydrogen-bond acceptors (Lipinski definition) is 8. The fraction of sp³-hybridized carbons (Fsp3) is 0.391. The molecular formula is C23H25N5O2S3. The minimum absolute atomic E-state index is 0.0779. The Morgan fingerprint density at radius 1 is 1.33 bits per heavy atom. The van der Waals surface area contributed by atoms with Crippen LogP contribution in [-0.4, -0.2) is 43.1 Å². The molecule has 0 saturated carbocycles. The molecule has 172 valence electrons. The molecule has 0 spiro atoms. The number of nitrogens with one attached hydrogen (secondary N) is 1. The normalized spacial score (nSPS) is 18.1. The van der Waals surface area contributed by atoms with Gasteiger partial charge in [0, 0.05) is 17.0 Å². The standard InChI is InChI=1S/C23H25N5O2S3/c1-5-23(3)10-15-16(11-30-23)33-20-18(15)19-26-27-22(28(19)21(25-20)31-4)32-12-17(29)24-14-8-6-7-13(2)9-14/h6-9H,5,10-12H2,1-4H3,(H,24,29)/t23-/m1/s1. The van der Waals surface area contributed by atoms with E-state index in [9.17, 15) is 4.79 Å². The van der Waals surface area contributed by atoms with Crippen LogP contribution in [0.1, 0.15) is 36.3 Å². The third-order valence-electron chi connectivity index (χ3n) is 5.98. The maximum atomic E-state index is 12.6. The fourth-order valence-electron chi connectivity index (χ4n) is 4.02. The van der Waals surface area contributed by atoms with E-state index < -0.39 is 0 Å². The van der Waals surface area contributed by atoms with Crippen molar-refractivity contribution >= 4 is 62.3 Å². The number of amides is 1. The van der Waals surface area contributed by atoms with E-state index in [1.807, 2.05) is 41.8 Å². The Kier molecular flexibility index (Phi) is 6.11. The number of fused-ring (bicyclic) bond motifs is 5. The van der Waals surface area contributed by atoms with Gasteiger partial charge in [-0.1, -0.05) is 42.6 Å². The van der Waals surface area contributed by atoms with Crippen molar-refractivity contribution in [1.82, 2.24) is 19.6 Å². The number of anilines is 1. The van der Waals surface area contributed by atoms with Crippen molar-refractivity contribution in [2.24, 2.45) is 0 Å². The smallest absolute Gasteiger partial charge is 0.234 e. The number of nitrogens with zero attached hydrogens (tertiary/aromatic N) is 4. The highest BCUT2D eigenvalue weighted by Crippen LogP contribution is 2.42. The minimum Gasteiger partial charge on any atom is -0.369 e. The molecule has 10 heteroatoms. The summed E-state index contributed by atoms with van der Waals surface area (Å²) in [5.41, 5.74) is 3.81. The molecule has 1 aliphatic rings. The molecule has 1 atom stereocenters. The summed E-state index contributed by atoms with van der Waals surface area (Å²) in [4.78, 5) is 19.7. The first-order valence-electron chi connectivity index (χ1n) is 10.8. The molecule has 0 bridgehead atoms. The van der Waals surface area contributed by atoms with Crippen LogP contribution in [0.25, 0.3) is 15.9 Å². The van der Waals surface area contributed by atoms with Gasteiger partial charge in [-0.25, -0.2) is 9.38 Å². The highest BCUT2D eigenvalue weighted by atomic mass is 32.2. The van der Waals surface area contributed by atoms with Crippen LogP contribution >= 0.6 is 34.9 Å². The summed E-state index contributed by atoms with van der Waals surface area (Å²) in [5, 5.41) is 14.5. The lowest BCUT2D eigenvalue weighted by Gasteiger charge is -2.32. The molecule has 1 N–H and O–H groups in total. The Morgan fingerprint density at radius 2 is 2.18 bits per heavy atom. The van der Waals surface area contributed by atoms with E-state index in [0.717, 1.165) is 45.1 Å². The first kappa shape index (κ1) is 22.6. The van der Waals surface area contributed by atoms with E-state index in [-0.39, 0.29) is 17.3 Å². The SMILES string of the molecule is CC[C@]1(C)Cc2c(sc3nc(SC)n4c(SCC(=O)Nc5cccc(C)c5)nnc4c23)CO1. The van der Waals surface area contributed by atoms with Gasteiger partial charge in [-0.15, -0.1) is 21.5 Å². The summed E-state index contributed by atoms with van der Waals surface area (Å²) in [5.74, 6) is 0.162. The summed E-state index contributed by atoms with van der Waals surface area (Å²) in [6, 6.07) is 7.78. The Bertz CT molecular complexity index is 1370. The molecule has 5 rings (SSSR count). The number of thioether (sulfide) groups is 2. The molecule has 4 heterocycles. The number of hydrogen-bond donors (Lipinski definition) is 1. The number of rotatable bonds is 6. The lowest BCUT2D eigenvalue weighted by Crippen LogP contribution is -2.33. The monoisotopic (exact) mass is 499 g/mol. The molecule has 0 aliphatic carbocycles. The van der Waals surface area contributed by atoms with Gasteiger partial charge in [-0.3, -0.25) is 4.79 Å². The Labute approximate surface area is 204 Å². The predicted molar refractivity (Wildman–Crippen MR) is 136 cm³/mol. The second-order valence-corrected chi connectivity index (χ2v) is 11.2. The predicted octanol–water partition coefficient (Wildman–Crippen LogP) is 5.34. The molecule has 0 radical (unpaired) electrons. The summed E-state index contributed by atoms with van der Waals surface area (Å²) < 4.78 is 8.14. The van der Waals surface area contributed by atoms with Crippen LogP contribution in [0.2, 0.25) is 0 Å². The topological polar surface area (TPSA) is 81.4 Å². The van der Waals surface area contributed by atoms with Crippen LogP contribution in [0.15, 0.2) is 34.6 Å². The quantitative estimate of drug-likeness (QED) is 0.283. The van der Waals surface area contributed by atoms with Crippen LogP contribution in [0.4, 0.5) is 5.69 Å². The lowest BCUT2D eigenvalue weighted by molar-refractivity contribution is -0.113. The second-order valence-electron chi connectivity index (χ2n) is 8.40. The van der Waals surface area contributed by atoms with Gasteiger partial charge < -0.3 is 10.1 Å². The molecule has 33 heavy (non-hydrogen) atoms. The maximum Gasteiger partial charge on any atom is 0.234 e. The van der Waals surface area contributed by atoms with E-state index in [4.69, 9.17) is 9.72 Å². The van der Waals surface area contributed by atoms with Crippen molar-refractivity contribution in [3.63, 3.8) is 0 Å². The number of ether oxygens (including phenoxy) is 1. The van der Waals surface area contributed by atoms with Crippen molar-refractivity contribution in [1.29, 1.82) is 0 Å². The number of benzene rings is 1. The molecule has 0 unspecified atom stereocenters. The third-order valence-corrected chi connectivity index (χ3v) is 8.65. The van der Waals surface area contributed by atoms with E-state index in [1.165, 1.54) is 22.2 Å². The second kappa shape index (κ2) is 8.90. The minimum atomic E-state index is -0.179. The van der Waals surface area contributed by atoms with Crippen LogP contribution in [0.5, 0.6) is 0 Å². The van der Waals surface area contributed by atoms with E-state index >= 15 is 0 Å². The molecule has 4 aromatic rings. The Balaban J connectivity index is 1.47. The largest absolute Gasteiger partial charge is 0.369 e. The summed E-state index contributed by atoms with van der Waals surface area (Å²) in [6.45, 7) is 6.93. The Hall–Kier alpha value is -2.14. The van der Waals surface area contributed by atoms with Gasteiger partial charge in [0.2, 0.25) is 5.91 Å². The summed E-state index contributed by atoms with van der Waals surface area (Å²) in [7, 11) is 0. The van der Waals surface area contributed by atoms with Crippen molar-refractivity contribution in [3.8, 4) is 0 Å². The summed E-state index contributed by atoms with van der Waals surface area (Å²) >= 11 is 4.61. The lowest BCUT2D eigenvalue weighted by atomic mass is 9.90. The first-order chi connectivity index (χ1) is 15.9. The highest BCUT2D eigenvalue weighted by molar-refractivity contribution is 8.00. The van der Waals surface area contributed by atoms with Gasteiger partial charge in [0.05, 0.1) is 23.3 Å².